The van der Waals surface area contributed by atoms with Gasteiger partial charge in [0.15, 0.2) is 5.69 Å². The lowest BCUT2D eigenvalue weighted by Gasteiger charge is -2.08. The molecule has 0 saturated heterocycles. The van der Waals surface area contributed by atoms with Gasteiger partial charge in [-0.15, -0.1) is 11.3 Å². The van der Waals surface area contributed by atoms with Gasteiger partial charge in [0.05, 0.1) is 17.1 Å². The SMILES string of the molecule is N#Cc1cccc(Nc2scnc2C(=O)Nc2cccc(Cl)c2)c1. The number of thiazole rings is 1. The molecule has 0 bridgehead atoms. The maximum Gasteiger partial charge on any atom is 0.277 e. The Morgan fingerprint density at radius 1 is 1.17 bits per heavy atom. The zero-order chi connectivity index (χ0) is 16.9. The van der Waals surface area contributed by atoms with E-state index in [4.69, 9.17) is 16.9 Å². The highest BCUT2D eigenvalue weighted by atomic mass is 35.5. The molecule has 0 aliphatic heterocycles. The fraction of sp³-hybridized carbons (Fsp3) is 0. The highest BCUT2D eigenvalue weighted by molar-refractivity contribution is 7.14. The summed E-state index contributed by atoms with van der Waals surface area (Å²) in [5, 5.41) is 16.0. The molecule has 5 nitrogen and oxygen atoms in total. The van der Waals surface area contributed by atoms with Crippen molar-refractivity contribution in [3.63, 3.8) is 0 Å². The predicted octanol–water partition coefficient (Wildman–Crippen LogP) is 4.66. The van der Waals surface area contributed by atoms with E-state index in [0.717, 1.165) is 5.69 Å². The summed E-state index contributed by atoms with van der Waals surface area (Å²) in [6.07, 6.45) is 0. The van der Waals surface area contributed by atoms with Crippen LogP contribution in [0.5, 0.6) is 0 Å². The fourth-order valence-corrected chi connectivity index (χ4v) is 2.94. The van der Waals surface area contributed by atoms with E-state index in [-0.39, 0.29) is 11.6 Å². The van der Waals surface area contributed by atoms with Crippen LogP contribution in [0.3, 0.4) is 0 Å². The van der Waals surface area contributed by atoms with Crippen LogP contribution in [0.1, 0.15) is 16.1 Å². The van der Waals surface area contributed by atoms with Gasteiger partial charge >= 0.3 is 0 Å². The third-order valence-electron chi connectivity index (χ3n) is 3.11. The number of anilines is 3. The molecule has 118 valence electrons. The summed E-state index contributed by atoms with van der Waals surface area (Å²) in [5.74, 6) is -0.336. The van der Waals surface area contributed by atoms with Crippen molar-refractivity contribution < 1.29 is 4.79 Å². The number of nitrogens with zero attached hydrogens (tertiary/aromatic N) is 2. The second-order valence-corrected chi connectivity index (χ2v) is 6.10. The molecule has 7 heteroatoms. The Morgan fingerprint density at radius 3 is 2.75 bits per heavy atom. The highest BCUT2D eigenvalue weighted by Crippen LogP contribution is 2.26. The second kappa shape index (κ2) is 7.13. The van der Waals surface area contributed by atoms with Crippen LogP contribution in [-0.4, -0.2) is 10.9 Å². The molecule has 0 saturated carbocycles. The Balaban J connectivity index is 1.79. The molecule has 2 N–H and O–H groups in total. The van der Waals surface area contributed by atoms with Gasteiger partial charge in [-0.2, -0.15) is 5.26 Å². The quantitative estimate of drug-likeness (QED) is 0.714. The molecule has 3 aromatic rings. The normalized spacial score (nSPS) is 10.0. The van der Waals surface area contributed by atoms with Crippen molar-refractivity contribution in [3.05, 3.63) is 70.3 Å². The van der Waals surface area contributed by atoms with E-state index in [2.05, 4.69) is 21.7 Å². The maximum absolute atomic E-state index is 12.4. The number of nitriles is 1. The van der Waals surface area contributed by atoms with E-state index in [1.165, 1.54) is 11.3 Å². The molecule has 0 unspecified atom stereocenters. The van der Waals surface area contributed by atoms with Crippen LogP contribution in [0.15, 0.2) is 54.0 Å². The Kier molecular flexibility index (Phi) is 4.75. The largest absolute Gasteiger partial charge is 0.345 e. The lowest BCUT2D eigenvalue weighted by atomic mass is 10.2. The number of hydrogen-bond acceptors (Lipinski definition) is 5. The summed E-state index contributed by atoms with van der Waals surface area (Å²) in [6.45, 7) is 0. The second-order valence-electron chi connectivity index (χ2n) is 4.81. The summed E-state index contributed by atoms with van der Waals surface area (Å²) < 4.78 is 0. The van der Waals surface area contributed by atoms with Gasteiger partial charge in [0.1, 0.15) is 5.00 Å². The van der Waals surface area contributed by atoms with Crippen LogP contribution in [0.4, 0.5) is 16.4 Å². The number of carbonyl (C=O) groups excluding carboxylic acids is 1. The van der Waals surface area contributed by atoms with Crippen LogP contribution in [0.25, 0.3) is 0 Å². The van der Waals surface area contributed by atoms with Crippen molar-refractivity contribution in [1.29, 1.82) is 5.26 Å². The Labute approximate surface area is 147 Å². The summed E-state index contributed by atoms with van der Waals surface area (Å²) in [7, 11) is 0. The van der Waals surface area contributed by atoms with E-state index in [9.17, 15) is 4.79 Å². The van der Waals surface area contributed by atoms with Crippen LogP contribution < -0.4 is 10.6 Å². The van der Waals surface area contributed by atoms with E-state index in [0.29, 0.717) is 21.3 Å². The van der Waals surface area contributed by atoms with E-state index in [1.54, 1.807) is 48.0 Å². The predicted molar refractivity (Wildman–Crippen MR) is 96.0 cm³/mol. The van der Waals surface area contributed by atoms with Crippen molar-refractivity contribution >= 4 is 45.2 Å². The number of benzene rings is 2. The molecule has 1 amide bonds. The lowest BCUT2D eigenvalue weighted by molar-refractivity contribution is 0.102. The minimum absolute atomic E-state index is 0.280. The van der Waals surface area contributed by atoms with Crippen molar-refractivity contribution in [2.45, 2.75) is 0 Å². The monoisotopic (exact) mass is 354 g/mol. The number of rotatable bonds is 4. The number of aromatic nitrogens is 1. The van der Waals surface area contributed by atoms with Crippen LogP contribution in [0.2, 0.25) is 5.02 Å². The third-order valence-corrected chi connectivity index (χ3v) is 4.09. The molecule has 1 aromatic heterocycles. The highest BCUT2D eigenvalue weighted by Gasteiger charge is 2.15. The number of hydrogen-bond donors (Lipinski definition) is 2. The van der Waals surface area contributed by atoms with Crippen LogP contribution >= 0.6 is 22.9 Å². The maximum atomic E-state index is 12.4. The minimum atomic E-state index is -0.336. The average molecular weight is 355 g/mol. The summed E-state index contributed by atoms with van der Waals surface area (Å²) in [6, 6.07) is 16.0. The van der Waals surface area contributed by atoms with E-state index < -0.39 is 0 Å². The van der Waals surface area contributed by atoms with E-state index >= 15 is 0 Å². The van der Waals surface area contributed by atoms with Crippen molar-refractivity contribution in [2.24, 2.45) is 0 Å². The number of halogens is 1. The molecule has 0 radical (unpaired) electrons. The molecule has 3 rings (SSSR count). The van der Waals surface area contributed by atoms with Gasteiger partial charge in [0.25, 0.3) is 5.91 Å². The first-order valence-corrected chi connectivity index (χ1v) is 8.19. The number of amides is 1. The Bertz CT molecular complexity index is 932. The fourth-order valence-electron chi connectivity index (χ4n) is 2.05. The summed E-state index contributed by atoms with van der Waals surface area (Å²) in [4.78, 5) is 16.5. The minimum Gasteiger partial charge on any atom is -0.345 e. The third kappa shape index (κ3) is 3.71. The molecule has 0 aliphatic rings. The van der Waals surface area contributed by atoms with E-state index in [1.807, 2.05) is 6.07 Å². The van der Waals surface area contributed by atoms with Gasteiger partial charge in [-0.1, -0.05) is 23.7 Å². The van der Waals surface area contributed by atoms with Gasteiger partial charge in [-0.05, 0) is 36.4 Å². The molecule has 0 fully saturated rings. The molecular weight excluding hydrogens is 344 g/mol. The van der Waals surface area contributed by atoms with Gasteiger partial charge in [-0.25, -0.2) is 4.98 Å². The molecule has 1 heterocycles. The van der Waals surface area contributed by atoms with Crippen LogP contribution in [-0.2, 0) is 0 Å². The van der Waals surface area contributed by atoms with Gasteiger partial charge in [0.2, 0.25) is 0 Å². The summed E-state index contributed by atoms with van der Waals surface area (Å²) in [5.41, 5.74) is 3.72. The van der Waals surface area contributed by atoms with Crippen LogP contribution in [0, 0.1) is 11.3 Å². The first-order valence-electron chi connectivity index (χ1n) is 6.93. The topological polar surface area (TPSA) is 77.8 Å². The van der Waals surface area contributed by atoms with Crippen molar-refractivity contribution in [1.82, 2.24) is 4.98 Å². The van der Waals surface area contributed by atoms with Crippen molar-refractivity contribution in [2.75, 3.05) is 10.6 Å². The summed E-state index contributed by atoms with van der Waals surface area (Å²) >= 11 is 7.22. The molecule has 0 spiro atoms. The molecular formula is C17H11ClN4OS. The molecule has 0 atom stereocenters. The first-order chi connectivity index (χ1) is 11.7. The average Bonchev–Trinajstić information content (AvgIpc) is 3.03. The molecule has 2 aromatic carbocycles. The number of nitrogens with one attached hydrogen (secondary N) is 2. The smallest absolute Gasteiger partial charge is 0.277 e. The Morgan fingerprint density at radius 2 is 1.96 bits per heavy atom. The lowest BCUT2D eigenvalue weighted by Crippen LogP contribution is -2.13. The van der Waals surface area contributed by atoms with Gasteiger partial charge in [0, 0.05) is 16.4 Å². The molecule has 0 aliphatic carbocycles. The number of carbonyl (C=O) groups is 1. The zero-order valence-electron chi connectivity index (χ0n) is 12.3. The Hall–Kier alpha value is -2.88. The van der Waals surface area contributed by atoms with Crippen molar-refractivity contribution in [3.8, 4) is 6.07 Å². The standard InChI is InChI=1S/C17H11ClN4OS/c18-12-4-2-6-14(8-12)21-16(23)15-17(24-10-20-15)22-13-5-1-3-11(7-13)9-19/h1-8,10,22H,(H,21,23). The zero-order valence-corrected chi connectivity index (χ0v) is 13.9. The first kappa shape index (κ1) is 16.0. The van der Waals surface area contributed by atoms with Gasteiger partial charge in [-0.3, -0.25) is 4.79 Å². The van der Waals surface area contributed by atoms with Gasteiger partial charge < -0.3 is 10.6 Å². The molecule has 24 heavy (non-hydrogen) atoms.